The summed E-state index contributed by atoms with van der Waals surface area (Å²) >= 11 is 1.82. The molecule has 0 saturated carbocycles. The molecule has 9 heavy (non-hydrogen) atoms. The third-order valence-electron chi connectivity index (χ3n) is 0.753. The Balaban J connectivity index is 3.36. The molecule has 0 aromatic carbocycles. The van der Waals surface area contributed by atoms with Crippen LogP contribution in [-0.4, -0.2) is 5.75 Å². The standard InChI is InChI=1S/C8H14S/c1-4-6-9-7-5-8(2)3/h7H,4,6H2,1-3H3. The third kappa shape index (κ3) is 7.87. The lowest BCUT2D eigenvalue weighted by molar-refractivity contribution is 1.11. The molecule has 0 bridgehead atoms. The van der Waals surface area contributed by atoms with Crippen LogP contribution in [0, 0.1) is 0 Å². The van der Waals surface area contributed by atoms with E-state index in [1.165, 1.54) is 17.7 Å². The van der Waals surface area contributed by atoms with Gasteiger partial charge in [0, 0.05) is 5.41 Å². The first-order valence-corrected chi connectivity index (χ1v) is 4.32. The van der Waals surface area contributed by atoms with Gasteiger partial charge in [-0.05, 0) is 31.6 Å². The van der Waals surface area contributed by atoms with E-state index in [9.17, 15) is 0 Å². The van der Waals surface area contributed by atoms with Crippen molar-refractivity contribution in [2.75, 3.05) is 5.75 Å². The van der Waals surface area contributed by atoms with E-state index >= 15 is 0 Å². The number of allylic oxidation sites excluding steroid dienone is 1. The van der Waals surface area contributed by atoms with Crippen LogP contribution in [0.4, 0.5) is 0 Å². The molecule has 0 nitrogen and oxygen atoms in total. The summed E-state index contributed by atoms with van der Waals surface area (Å²) in [5.41, 5.74) is 4.38. The number of hydrogen-bond acceptors (Lipinski definition) is 1. The molecule has 1 heteroatoms. The van der Waals surface area contributed by atoms with Gasteiger partial charge >= 0.3 is 0 Å². The Bertz CT molecular complexity index is 115. The molecule has 0 amide bonds. The van der Waals surface area contributed by atoms with Crippen molar-refractivity contribution < 1.29 is 0 Å². The van der Waals surface area contributed by atoms with Gasteiger partial charge in [-0.15, -0.1) is 17.5 Å². The van der Waals surface area contributed by atoms with Crippen LogP contribution in [0.2, 0.25) is 0 Å². The lowest BCUT2D eigenvalue weighted by Gasteiger charge is -1.84. The average molecular weight is 142 g/mol. The summed E-state index contributed by atoms with van der Waals surface area (Å²) in [5.74, 6) is 1.21. The summed E-state index contributed by atoms with van der Waals surface area (Å²) in [7, 11) is 0. The number of hydrogen-bond donors (Lipinski definition) is 0. The maximum Gasteiger partial charge on any atom is 0.0128 e. The highest BCUT2D eigenvalue weighted by Gasteiger charge is 1.74. The highest BCUT2D eigenvalue weighted by molar-refractivity contribution is 8.02. The van der Waals surface area contributed by atoms with Gasteiger partial charge in [0.25, 0.3) is 0 Å². The summed E-state index contributed by atoms with van der Waals surface area (Å²) in [6.45, 7) is 6.30. The van der Waals surface area contributed by atoms with Crippen LogP contribution in [0.15, 0.2) is 16.7 Å². The molecule has 0 heterocycles. The van der Waals surface area contributed by atoms with Gasteiger partial charge in [-0.3, -0.25) is 0 Å². The van der Waals surface area contributed by atoms with Crippen LogP contribution >= 0.6 is 11.8 Å². The van der Waals surface area contributed by atoms with Crippen LogP contribution < -0.4 is 0 Å². The fourth-order valence-corrected chi connectivity index (χ4v) is 1.01. The SMILES string of the molecule is CCCSC=C=C(C)C. The van der Waals surface area contributed by atoms with Crippen LogP contribution in [0.5, 0.6) is 0 Å². The molecule has 0 aromatic heterocycles. The van der Waals surface area contributed by atoms with E-state index in [-0.39, 0.29) is 0 Å². The lowest BCUT2D eigenvalue weighted by Crippen LogP contribution is -1.65. The topological polar surface area (TPSA) is 0 Å². The molecule has 0 fully saturated rings. The summed E-state index contributed by atoms with van der Waals surface area (Å²) in [6, 6.07) is 0. The Morgan fingerprint density at radius 2 is 2.22 bits per heavy atom. The van der Waals surface area contributed by atoms with E-state index in [1.54, 1.807) is 0 Å². The first-order chi connectivity index (χ1) is 4.27. The minimum atomic E-state index is 1.21. The Labute approximate surface area is 62.0 Å². The van der Waals surface area contributed by atoms with E-state index in [1.807, 2.05) is 17.2 Å². The van der Waals surface area contributed by atoms with Crippen molar-refractivity contribution in [3.63, 3.8) is 0 Å². The highest BCUT2D eigenvalue weighted by Crippen LogP contribution is 2.02. The van der Waals surface area contributed by atoms with Gasteiger partial charge in [0.05, 0.1) is 0 Å². The van der Waals surface area contributed by atoms with E-state index in [2.05, 4.69) is 26.5 Å². The quantitative estimate of drug-likeness (QED) is 0.430. The zero-order valence-electron chi connectivity index (χ0n) is 6.40. The number of rotatable bonds is 3. The van der Waals surface area contributed by atoms with Gasteiger partial charge in [-0.1, -0.05) is 6.92 Å². The smallest absolute Gasteiger partial charge is 0.0128 e. The molecule has 0 atom stereocenters. The van der Waals surface area contributed by atoms with E-state index < -0.39 is 0 Å². The van der Waals surface area contributed by atoms with Gasteiger partial charge < -0.3 is 0 Å². The minimum absolute atomic E-state index is 1.21. The van der Waals surface area contributed by atoms with Crippen molar-refractivity contribution >= 4 is 11.8 Å². The van der Waals surface area contributed by atoms with E-state index in [4.69, 9.17) is 0 Å². The molecule has 0 spiro atoms. The predicted octanol–water partition coefficient (Wildman–Crippen LogP) is 3.21. The minimum Gasteiger partial charge on any atom is -0.126 e. The maximum absolute atomic E-state index is 3.13. The zero-order valence-corrected chi connectivity index (χ0v) is 7.22. The molecule has 0 aliphatic carbocycles. The van der Waals surface area contributed by atoms with Gasteiger partial charge in [0.2, 0.25) is 0 Å². The second-order valence-corrected chi connectivity index (χ2v) is 3.11. The molecule has 0 aromatic rings. The molecule has 0 unspecified atom stereocenters. The maximum atomic E-state index is 3.13. The van der Waals surface area contributed by atoms with Gasteiger partial charge in [0.15, 0.2) is 0 Å². The largest absolute Gasteiger partial charge is 0.126 e. The first kappa shape index (κ1) is 8.87. The predicted molar refractivity (Wildman–Crippen MR) is 45.7 cm³/mol. The zero-order chi connectivity index (χ0) is 7.11. The second-order valence-electron chi connectivity index (χ2n) is 2.13. The fraction of sp³-hybridized carbons (Fsp3) is 0.625. The van der Waals surface area contributed by atoms with Crippen molar-refractivity contribution in [3.05, 3.63) is 16.7 Å². The lowest BCUT2D eigenvalue weighted by atomic mass is 10.4. The molecule has 0 N–H and O–H groups in total. The van der Waals surface area contributed by atoms with Crippen molar-refractivity contribution in [2.24, 2.45) is 0 Å². The normalized spacial score (nSPS) is 8.33. The first-order valence-electron chi connectivity index (χ1n) is 3.27. The monoisotopic (exact) mass is 142 g/mol. The van der Waals surface area contributed by atoms with Crippen LogP contribution in [0.3, 0.4) is 0 Å². The molecular weight excluding hydrogens is 128 g/mol. The molecule has 0 aliphatic rings. The molecule has 0 aliphatic heterocycles. The highest BCUT2D eigenvalue weighted by atomic mass is 32.2. The van der Waals surface area contributed by atoms with Crippen LogP contribution in [-0.2, 0) is 0 Å². The van der Waals surface area contributed by atoms with Crippen LogP contribution in [0.25, 0.3) is 0 Å². The molecule has 0 saturated heterocycles. The Kier molecular flexibility index (Phi) is 5.91. The van der Waals surface area contributed by atoms with Gasteiger partial charge in [-0.2, -0.15) is 0 Å². The molecular formula is C8H14S. The number of thioether (sulfide) groups is 1. The Morgan fingerprint density at radius 1 is 1.56 bits per heavy atom. The Morgan fingerprint density at radius 3 is 2.67 bits per heavy atom. The van der Waals surface area contributed by atoms with Crippen LogP contribution in [0.1, 0.15) is 27.2 Å². The molecule has 52 valence electrons. The van der Waals surface area contributed by atoms with E-state index in [0.717, 1.165) is 0 Å². The van der Waals surface area contributed by atoms with Gasteiger partial charge in [0.1, 0.15) is 0 Å². The summed E-state index contributed by atoms with van der Waals surface area (Å²) in [6.07, 6.45) is 1.24. The molecule has 0 rings (SSSR count). The molecule has 0 radical (unpaired) electrons. The summed E-state index contributed by atoms with van der Waals surface area (Å²) in [5, 5.41) is 2.04. The summed E-state index contributed by atoms with van der Waals surface area (Å²) in [4.78, 5) is 0. The third-order valence-corrected chi connectivity index (χ3v) is 1.68. The Hall–Kier alpha value is -0.130. The fourth-order valence-electron chi connectivity index (χ4n) is 0.336. The average Bonchev–Trinajstić information content (AvgIpc) is 1.80. The summed E-state index contributed by atoms with van der Waals surface area (Å²) < 4.78 is 0. The van der Waals surface area contributed by atoms with E-state index in [0.29, 0.717) is 0 Å². The van der Waals surface area contributed by atoms with Crippen molar-refractivity contribution in [3.8, 4) is 0 Å². The second kappa shape index (κ2) is 6.00. The van der Waals surface area contributed by atoms with Crippen molar-refractivity contribution in [2.45, 2.75) is 27.2 Å². The van der Waals surface area contributed by atoms with Crippen molar-refractivity contribution in [1.82, 2.24) is 0 Å². The van der Waals surface area contributed by atoms with Gasteiger partial charge in [-0.25, -0.2) is 0 Å². The van der Waals surface area contributed by atoms with Crippen molar-refractivity contribution in [1.29, 1.82) is 0 Å².